The number of fused-ring (bicyclic) bond motifs is 1. The number of hydrogen-bond donors (Lipinski definition) is 2. The van der Waals surface area contributed by atoms with Crippen LogP contribution in [0.5, 0.6) is 0 Å². The smallest absolute Gasteiger partial charge is 0.251 e. The lowest BCUT2D eigenvalue weighted by Gasteiger charge is -2.13. The molecule has 0 fully saturated rings. The second-order valence-electron chi connectivity index (χ2n) is 8.29. The minimum absolute atomic E-state index is 0.121. The summed E-state index contributed by atoms with van der Waals surface area (Å²) in [5, 5.41) is 3.00. The van der Waals surface area contributed by atoms with E-state index in [0.29, 0.717) is 17.6 Å². The second kappa shape index (κ2) is 11.0. The molecule has 0 aliphatic carbocycles. The Morgan fingerprint density at radius 1 is 0.917 bits per heavy atom. The van der Waals surface area contributed by atoms with Crippen molar-refractivity contribution in [2.24, 2.45) is 0 Å². The highest BCUT2D eigenvalue weighted by Gasteiger charge is 2.15. The van der Waals surface area contributed by atoms with Gasteiger partial charge in [0, 0.05) is 54.1 Å². The van der Waals surface area contributed by atoms with E-state index in [0.717, 1.165) is 46.7 Å². The minimum atomic E-state index is -0.121. The van der Waals surface area contributed by atoms with Crippen molar-refractivity contribution < 1.29 is 4.79 Å². The second-order valence-corrected chi connectivity index (χ2v) is 8.90. The zero-order chi connectivity index (χ0) is 24.7. The van der Waals surface area contributed by atoms with E-state index < -0.39 is 0 Å². The molecule has 0 aliphatic heterocycles. The van der Waals surface area contributed by atoms with E-state index in [2.05, 4.69) is 21.1 Å². The van der Waals surface area contributed by atoms with E-state index >= 15 is 0 Å². The molecule has 36 heavy (non-hydrogen) atoms. The number of benzene rings is 3. The fourth-order valence-electron chi connectivity index (χ4n) is 4.03. The van der Waals surface area contributed by atoms with Crippen LogP contribution in [0.1, 0.15) is 16.8 Å². The van der Waals surface area contributed by atoms with Crippen LogP contribution in [-0.2, 0) is 6.54 Å². The molecule has 180 valence electrons. The van der Waals surface area contributed by atoms with Gasteiger partial charge in [0.05, 0.1) is 28.7 Å². The average molecular weight is 495 g/mol. The Labute approximate surface area is 214 Å². The van der Waals surface area contributed by atoms with Gasteiger partial charge in [-0.3, -0.25) is 4.79 Å². The number of imidazole rings is 1. The first-order valence-electron chi connectivity index (χ1n) is 11.7. The number of anilines is 1. The van der Waals surface area contributed by atoms with Crippen LogP contribution in [0.2, 0.25) is 0 Å². The van der Waals surface area contributed by atoms with Crippen LogP contribution in [0.25, 0.3) is 33.5 Å². The summed E-state index contributed by atoms with van der Waals surface area (Å²) in [6.45, 7) is 1.38. The standard InChI is InChI=1S/C28H26N6OS/c1-36-33-23-10-5-9-21(17-23)27-26(20-7-3-2-4-8-20)31-24-12-11-22(18-25(24)32-27)28(35)30-13-6-15-34-16-14-29-19-34/h2-5,7-12,14,16-19,33H,6,13,15H2,1H3,(H,30,35). The van der Waals surface area contributed by atoms with E-state index in [-0.39, 0.29) is 5.91 Å². The molecule has 0 unspecified atom stereocenters. The summed E-state index contributed by atoms with van der Waals surface area (Å²) >= 11 is 1.54. The molecule has 0 radical (unpaired) electrons. The van der Waals surface area contributed by atoms with E-state index in [1.54, 1.807) is 18.6 Å². The van der Waals surface area contributed by atoms with Crippen molar-refractivity contribution in [1.82, 2.24) is 24.8 Å². The number of amides is 1. The lowest BCUT2D eigenvalue weighted by Crippen LogP contribution is -2.25. The van der Waals surface area contributed by atoms with Crippen molar-refractivity contribution in [2.75, 3.05) is 17.5 Å². The van der Waals surface area contributed by atoms with Crippen molar-refractivity contribution in [3.8, 4) is 22.5 Å². The largest absolute Gasteiger partial charge is 0.352 e. The van der Waals surface area contributed by atoms with Gasteiger partial charge in [-0.05, 0) is 36.8 Å². The maximum Gasteiger partial charge on any atom is 0.251 e. The monoisotopic (exact) mass is 494 g/mol. The number of nitrogens with zero attached hydrogens (tertiary/aromatic N) is 4. The molecular weight excluding hydrogens is 468 g/mol. The fraction of sp³-hybridized carbons (Fsp3) is 0.143. The van der Waals surface area contributed by atoms with Crippen LogP contribution in [-0.4, -0.2) is 38.2 Å². The van der Waals surface area contributed by atoms with Crippen molar-refractivity contribution in [3.63, 3.8) is 0 Å². The van der Waals surface area contributed by atoms with Crippen molar-refractivity contribution in [2.45, 2.75) is 13.0 Å². The molecule has 2 N–H and O–H groups in total. The first kappa shape index (κ1) is 23.6. The average Bonchev–Trinajstić information content (AvgIpc) is 3.44. The minimum Gasteiger partial charge on any atom is -0.352 e. The summed E-state index contributed by atoms with van der Waals surface area (Å²) in [6.07, 6.45) is 8.25. The summed E-state index contributed by atoms with van der Waals surface area (Å²) in [4.78, 5) is 26.8. The number of hydrogen-bond acceptors (Lipinski definition) is 6. The predicted molar refractivity (Wildman–Crippen MR) is 147 cm³/mol. The van der Waals surface area contributed by atoms with E-state index in [1.165, 1.54) is 11.9 Å². The van der Waals surface area contributed by atoms with Gasteiger partial charge in [0.15, 0.2) is 0 Å². The molecule has 0 saturated heterocycles. The van der Waals surface area contributed by atoms with Gasteiger partial charge in [0.2, 0.25) is 0 Å². The van der Waals surface area contributed by atoms with Crippen LogP contribution in [0.4, 0.5) is 5.69 Å². The summed E-state index contributed by atoms with van der Waals surface area (Å²) in [7, 11) is 0. The lowest BCUT2D eigenvalue weighted by molar-refractivity contribution is 0.0953. The SMILES string of the molecule is CSNc1cccc(-c2nc3cc(C(=O)NCCCn4ccnc4)ccc3nc2-c2ccccc2)c1. The molecular formula is C28H26N6OS. The topological polar surface area (TPSA) is 84.7 Å². The number of nitrogens with one attached hydrogen (secondary N) is 2. The zero-order valence-electron chi connectivity index (χ0n) is 19.9. The third-order valence-electron chi connectivity index (χ3n) is 5.77. The number of aromatic nitrogens is 4. The van der Waals surface area contributed by atoms with Crippen molar-refractivity contribution in [1.29, 1.82) is 0 Å². The number of carbonyl (C=O) groups is 1. The maximum absolute atomic E-state index is 12.8. The Morgan fingerprint density at radius 3 is 2.53 bits per heavy atom. The zero-order valence-corrected chi connectivity index (χ0v) is 20.7. The van der Waals surface area contributed by atoms with Gasteiger partial charge in [0.1, 0.15) is 0 Å². The number of aryl methyl sites for hydroxylation is 1. The van der Waals surface area contributed by atoms with E-state index in [9.17, 15) is 4.79 Å². The molecule has 0 saturated carbocycles. The third-order valence-corrected chi connectivity index (χ3v) is 6.21. The number of rotatable bonds is 9. The molecule has 0 bridgehead atoms. The summed E-state index contributed by atoms with van der Waals surface area (Å²) in [5.41, 5.74) is 6.51. The highest BCUT2D eigenvalue weighted by atomic mass is 32.2. The van der Waals surface area contributed by atoms with E-state index in [1.807, 2.05) is 77.7 Å². The highest BCUT2D eigenvalue weighted by molar-refractivity contribution is 7.99. The van der Waals surface area contributed by atoms with Crippen molar-refractivity contribution >= 4 is 34.6 Å². The molecule has 2 aromatic heterocycles. The molecule has 7 nitrogen and oxygen atoms in total. The van der Waals surface area contributed by atoms with Crippen LogP contribution >= 0.6 is 11.9 Å². The Morgan fingerprint density at radius 2 is 1.72 bits per heavy atom. The van der Waals surface area contributed by atoms with Gasteiger partial charge in [-0.15, -0.1) is 0 Å². The Bertz CT molecular complexity index is 1470. The first-order chi connectivity index (χ1) is 17.7. The molecule has 0 spiro atoms. The molecule has 3 aromatic carbocycles. The van der Waals surface area contributed by atoms with Crippen molar-refractivity contribution in [3.05, 3.63) is 97.1 Å². The first-order valence-corrected chi connectivity index (χ1v) is 12.9. The summed E-state index contributed by atoms with van der Waals surface area (Å²) < 4.78 is 5.28. The summed E-state index contributed by atoms with van der Waals surface area (Å²) in [6, 6.07) is 23.7. The van der Waals surface area contributed by atoms with E-state index in [4.69, 9.17) is 9.97 Å². The van der Waals surface area contributed by atoms with Gasteiger partial charge >= 0.3 is 0 Å². The Hall–Kier alpha value is -4.17. The molecule has 0 aliphatic rings. The predicted octanol–water partition coefficient (Wildman–Crippen LogP) is 5.67. The van der Waals surface area contributed by atoms with Crippen LogP contribution in [0.3, 0.4) is 0 Å². The molecule has 5 rings (SSSR count). The third kappa shape index (κ3) is 5.39. The Kier molecular flexibility index (Phi) is 7.23. The van der Waals surface area contributed by atoms with Crippen LogP contribution in [0.15, 0.2) is 91.5 Å². The van der Waals surface area contributed by atoms with Gasteiger partial charge in [-0.2, -0.15) is 0 Å². The molecule has 2 heterocycles. The fourth-order valence-corrected chi connectivity index (χ4v) is 4.39. The number of carbonyl (C=O) groups excluding carboxylic acids is 1. The van der Waals surface area contributed by atoms with Gasteiger partial charge in [-0.25, -0.2) is 15.0 Å². The maximum atomic E-state index is 12.8. The molecule has 5 aromatic rings. The highest BCUT2D eigenvalue weighted by Crippen LogP contribution is 2.32. The van der Waals surface area contributed by atoms with Gasteiger partial charge in [0.25, 0.3) is 5.91 Å². The van der Waals surface area contributed by atoms with Gasteiger partial charge < -0.3 is 14.6 Å². The lowest BCUT2D eigenvalue weighted by atomic mass is 10.0. The summed E-state index contributed by atoms with van der Waals surface area (Å²) in [5.74, 6) is -0.121. The molecule has 0 atom stereocenters. The normalized spacial score (nSPS) is 10.9. The quantitative estimate of drug-likeness (QED) is 0.203. The van der Waals surface area contributed by atoms with Crippen LogP contribution in [0, 0.1) is 0 Å². The van der Waals surface area contributed by atoms with Crippen LogP contribution < -0.4 is 10.0 Å². The molecule has 8 heteroatoms. The Balaban J connectivity index is 1.46. The van der Waals surface area contributed by atoms with Gasteiger partial charge in [-0.1, -0.05) is 54.4 Å². The molecule has 1 amide bonds.